The van der Waals surface area contributed by atoms with Gasteiger partial charge in [-0.05, 0) is 45.7 Å². The number of aliphatic hydroxyl groups excluding tert-OH is 1. The molecule has 28 heavy (non-hydrogen) atoms. The van der Waals surface area contributed by atoms with Gasteiger partial charge in [0, 0.05) is 12.6 Å². The third-order valence-corrected chi connectivity index (χ3v) is 5.66. The summed E-state index contributed by atoms with van der Waals surface area (Å²) in [7, 11) is 0. The highest BCUT2D eigenvalue weighted by Gasteiger charge is 2.23. The van der Waals surface area contributed by atoms with Crippen LogP contribution in [0.4, 0.5) is 5.69 Å². The van der Waals surface area contributed by atoms with Crippen LogP contribution in [0.3, 0.4) is 0 Å². The van der Waals surface area contributed by atoms with Crippen LogP contribution in [0.2, 0.25) is 0 Å². The van der Waals surface area contributed by atoms with Crippen molar-refractivity contribution in [2.75, 3.05) is 25.0 Å². The molecule has 1 aliphatic rings. The van der Waals surface area contributed by atoms with Crippen LogP contribution >= 0.6 is 0 Å². The SMILES string of the molecule is Cc1ccc(-n2nc(C)c(NC(=O)CN(CCO)C3CCCCC3)c2C)cc1. The topological polar surface area (TPSA) is 70.4 Å². The predicted octanol–water partition coefficient (Wildman–Crippen LogP) is 3.36. The lowest BCUT2D eigenvalue weighted by molar-refractivity contribution is -0.118. The smallest absolute Gasteiger partial charge is 0.238 e. The zero-order chi connectivity index (χ0) is 20.1. The molecular formula is C22H32N4O2. The first-order valence-electron chi connectivity index (χ1n) is 10.3. The number of nitrogens with one attached hydrogen (secondary N) is 1. The number of hydrogen-bond donors (Lipinski definition) is 2. The number of aromatic nitrogens is 2. The molecular weight excluding hydrogens is 352 g/mol. The molecule has 6 heteroatoms. The summed E-state index contributed by atoms with van der Waals surface area (Å²) in [5, 5.41) is 17.1. The molecule has 1 aromatic heterocycles. The lowest BCUT2D eigenvalue weighted by Crippen LogP contribution is -2.43. The Labute approximate surface area is 167 Å². The Hall–Kier alpha value is -2.18. The third-order valence-electron chi connectivity index (χ3n) is 5.66. The molecule has 0 radical (unpaired) electrons. The molecule has 6 nitrogen and oxygen atoms in total. The number of nitrogens with zero attached hydrogens (tertiary/aromatic N) is 3. The van der Waals surface area contributed by atoms with Crippen LogP contribution in [0.1, 0.15) is 49.1 Å². The van der Waals surface area contributed by atoms with E-state index in [1.807, 2.05) is 30.7 Å². The van der Waals surface area contributed by atoms with Gasteiger partial charge in [0.05, 0.1) is 35.9 Å². The van der Waals surface area contributed by atoms with E-state index in [9.17, 15) is 9.90 Å². The fourth-order valence-electron chi connectivity index (χ4n) is 4.09. The third kappa shape index (κ3) is 4.80. The van der Waals surface area contributed by atoms with Gasteiger partial charge >= 0.3 is 0 Å². The van der Waals surface area contributed by atoms with Gasteiger partial charge in [0.2, 0.25) is 5.91 Å². The van der Waals surface area contributed by atoms with Crippen molar-refractivity contribution in [2.24, 2.45) is 0 Å². The molecule has 1 saturated carbocycles. The van der Waals surface area contributed by atoms with Gasteiger partial charge in [-0.1, -0.05) is 37.0 Å². The number of anilines is 1. The second-order valence-corrected chi connectivity index (χ2v) is 7.83. The number of rotatable bonds is 7. The van der Waals surface area contributed by atoms with Gasteiger partial charge in [-0.15, -0.1) is 0 Å². The first-order chi connectivity index (χ1) is 13.5. The minimum atomic E-state index is -0.0475. The van der Waals surface area contributed by atoms with Crippen LogP contribution in [0.25, 0.3) is 5.69 Å². The van der Waals surface area contributed by atoms with Crippen molar-refractivity contribution in [3.63, 3.8) is 0 Å². The normalized spacial score (nSPS) is 15.2. The summed E-state index contributed by atoms with van der Waals surface area (Å²) in [6, 6.07) is 8.57. The summed E-state index contributed by atoms with van der Waals surface area (Å²) in [5.41, 5.74) is 4.68. The number of aryl methyl sites for hydroxylation is 2. The standard InChI is InChI=1S/C22H32N4O2/c1-16-9-11-20(12-10-16)26-18(3)22(17(2)24-26)23-21(28)15-25(13-14-27)19-7-5-4-6-8-19/h9-12,19,27H,4-8,13-15H2,1-3H3,(H,23,28). The van der Waals surface area contributed by atoms with Crippen LogP contribution in [0.5, 0.6) is 0 Å². The summed E-state index contributed by atoms with van der Waals surface area (Å²) in [5.74, 6) is -0.0475. The van der Waals surface area contributed by atoms with E-state index in [2.05, 4.69) is 34.4 Å². The molecule has 1 heterocycles. The zero-order valence-electron chi connectivity index (χ0n) is 17.2. The Balaban J connectivity index is 1.71. The monoisotopic (exact) mass is 384 g/mol. The maximum absolute atomic E-state index is 12.8. The van der Waals surface area contributed by atoms with E-state index in [1.54, 1.807) is 0 Å². The fourth-order valence-corrected chi connectivity index (χ4v) is 4.09. The number of hydrogen-bond acceptors (Lipinski definition) is 4. The van der Waals surface area contributed by atoms with Gasteiger partial charge in [-0.2, -0.15) is 5.10 Å². The molecule has 1 amide bonds. The molecule has 1 fully saturated rings. The van der Waals surface area contributed by atoms with Crippen LogP contribution < -0.4 is 5.32 Å². The van der Waals surface area contributed by atoms with E-state index < -0.39 is 0 Å². The lowest BCUT2D eigenvalue weighted by atomic mass is 9.94. The highest BCUT2D eigenvalue weighted by Crippen LogP contribution is 2.24. The average Bonchev–Trinajstić information content (AvgIpc) is 2.97. The molecule has 152 valence electrons. The molecule has 1 aliphatic carbocycles. The largest absolute Gasteiger partial charge is 0.395 e. The molecule has 0 aliphatic heterocycles. The maximum atomic E-state index is 12.8. The Morgan fingerprint density at radius 2 is 1.86 bits per heavy atom. The van der Waals surface area contributed by atoms with Crippen LogP contribution in [-0.4, -0.2) is 51.4 Å². The number of carbonyl (C=O) groups is 1. The minimum absolute atomic E-state index is 0.0475. The lowest BCUT2D eigenvalue weighted by Gasteiger charge is -2.33. The first kappa shape index (κ1) is 20.6. The van der Waals surface area contributed by atoms with Gasteiger partial charge in [-0.25, -0.2) is 4.68 Å². The average molecular weight is 385 g/mol. The molecule has 2 aromatic rings. The van der Waals surface area contributed by atoms with Crippen molar-refractivity contribution in [1.29, 1.82) is 0 Å². The molecule has 0 spiro atoms. The Kier molecular flexibility index (Phi) is 6.86. The van der Waals surface area contributed by atoms with Gasteiger partial charge in [-0.3, -0.25) is 9.69 Å². The van der Waals surface area contributed by atoms with Gasteiger partial charge in [0.25, 0.3) is 0 Å². The van der Waals surface area contributed by atoms with Gasteiger partial charge < -0.3 is 10.4 Å². The molecule has 0 unspecified atom stereocenters. The predicted molar refractivity (Wildman–Crippen MR) is 112 cm³/mol. The van der Waals surface area contributed by atoms with Crippen molar-refractivity contribution in [3.8, 4) is 5.69 Å². The molecule has 0 bridgehead atoms. The van der Waals surface area contributed by atoms with Crippen molar-refractivity contribution in [1.82, 2.24) is 14.7 Å². The van der Waals surface area contributed by atoms with Crippen molar-refractivity contribution >= 4 is 11.6 Å². The van der Waals surface area contributed by atoms with Crippen molar-refractivity contribution in [3.05, 3.63) is 41.2 Å². The molecule has 0 saturated heterocycles. The first-order valence-corrected chi connectivity index (χ1v) is 10.3. The van der Waals surface area contributed by atoms with E-state index in [4.69, 9.17) is 0 Å². The van der Waals surface area contributed by atoms with Crippen molar-refractivity contribution < 1.29 is 9.90 Å². The Bertz CT molecular complexity index is 792. The molecule has 0 atom stereocenters. The fraction of sp³-hybridized carbons (Fsp3) is 0.545. The Morgan fingerprint density at radius 1 is 1.18 bits per heavy atom. The van der Waals surface area contributed by atoms with Crippen LogP contribution in [-0.2, 0) is 4.79 Å². The zero-order valence-corrected chi connectivity index (χ0v) is 17.2. The summed E-state index contributed by atoms with van der Waals surface area (Å²) >= 11 is 0. The summed E-state index contributed by atoms with van der Waals surface area (Å²) < 4.78 is 1.87. The second kappa shape index (κ2) is 9.34. The number of carbonyl (C=O) groups excluding carboxylic acids is 1. The van der Waals surface area contributed by atoms with Crippen LogP contribution in [0.15, 0.2) is 24.3 Å². The Morgan fingerprint density at radius 3 is 2.50 bits per heavy atom. The van der Waals surface area contributed by atoms with Gasteiger partial charge in [0.1, 0.15) is 0 Å². The minimum Gasteiger partial charge on any atom is -0.395 e. The van der Waals surface area contributed by atoms with E-state index in [0.717, 1.165) is 35.6 Å². The highest BCUT2D eigenvalue weighted by molar-refractivity contribution is 5.93. The molecule has 1 aromatic carbocycles. The van der Waals surface area contributed by atoms with E-state index in [1.165, 1.54) is 24.8 Å². The highest BCUT2D eigenvalue weighted by atomic mass is 16.3. The summed E-state index contributed by atoms with van der Waals surface area (Å²) in [6.45, 7) is 6.87. The van der Waals surface area contributed by atoms with E-state index in [0.29, 0.717) is 19.1 Å². The summed E-state index contributed by atoms with van der Waals surface area (Å²) in [4.78, 5) is 14.9. The molecule has 3 rings (SSSR count). The maximum Gasteiger partial charge on any atom is 0.238 e. The van der Waals surface area contributed by atoms with Crippen LogP contribution in [0, 0.1) is 20.8 Å². The van der Waals surface area contributed by atoms with E-state index in [-0.39, 0.29) is 12.5 Å². The van der Waals surface area contributed by atoms with E-state index >= 15 is 0 Å². The van der Waals surface area contributed by atoms with Gasteiger partial charge in [0.15, 0.2) is 0 Å². The quantitative estimate of drug-likeness (QED) is 0.768. The second-order valence-electron chi connectivity index (χ2n) is 7.83. The summed E-state index contributed by atoms with van der Waals surface area (Å²) in [6.07, 6.45) is 5.89. The molecule has 2 N–H and O–H groups in total. The number of aliphatic hydroxyl groups is 1. The van der Waals surface area contributed by atoms with Crippen molar-refractivity contribution in [2.45, 2.75) is 58.9 Å². The number of amides is 1. The number of benzene rings is 1.